The first-order valence-electron chi connectivity index (χ1n) is 12.5. The third-order valence-corrected chi connectivity index (χ3v) is 5.43. The van der Waals surface area contributed by atoms with E-state index in [0.29, 0.717) is 17.9 Å². The quantitative estimate of drug-likeness (QED) is 0.168. The number of rotatable bonds is 11. The van der Waals surface area contributed by atoms with Crippen LogP contribution in [0.2, 0.25) is 0 Å². The van der Waals surface area contributed by atoms with E-state index in [4.69, 9.17) is 14.6 Å². The predicted octanol–water partition coefficient (Wildman–Crippen LogP) is 4.92. The van der Waals surface area contributed by atoms with Crippen LogP contribution in [0.3, 0.4) is 0 Å². The van der Waals surface area contributed by atoms with E-state index in [0.717, 1.165) is 17.7 Å². The third-order valence-electron chi connectivity index (χ3n) is 5.43. The lowest BCUT2D eigenvalue weighted by atomic mass is 10.1. The van der Waals surface area contributed by atoms with Gasteiger partial charge in [0, 0.05) is 24.0 Å². The summed E-state index contributed by atoms with van der Waals surface area (Å²) in [5.41, 5.74) is 0.491. The van der Waals surface area contributed by atoms with Gasteiger partial charge in [-0.15, -0.1) is 0 Å². The van der Waals surface area contributed by atoms with E-state index in [2.05, 4.69) is 16.0 Å². The van der Waals surface area contributed by atoms with Crippen molar-refractivity contribution in [3.63, 3.8) is 0 Å². The molecule has 0 saturated heterocycles. The average Bonchev–Trinajstić information content (AvgIpc) is 2.95. The van der Waals surface area contributed by atoms with Crippen molar-refractivity contribution in [2.24, 2.45) is 0 Å². The summed E-state index contributed by atoms with van der Waals surface area (Å²) in [5, 5.41) is 35.0. The molecular formula is C28H29F6N3O6. The highest BCUT2D eigenvalue weighted by Gasteiger charge is 2.38. The van der Waals surface area contributed by atoms with Gasteiger partial charge in [-0.05, 0) is 54.4 Å². The molecule has 0 aliphatic carbocycles. The van der Waals surface area contributed by atoms with E-state index in [1.54, 1.807) is 36.4 Å². The number of ether oxygens (including phenoxy) is 1. The number of aliphatic carboxylic acids is 1. The fraction of sp³-hybridized carbons (Fsp3) is 0.286. The van der Waals surface area contributed by atoms with Crippen molar-refractivity contribution in [1.82, 2.24) is 5.32 Å². The monoisotopic (exact) mass is 617 g/mol. The van der Waals surface area contributed by atoms with Crippen molar-refractivity contribution in [2.45, 2.75) is 30.9 Å². The van der Waals surface area contributed by atoms with Crippen LogP contribution in [0, 0.1) is 0 Å². The fourth-order valence-corrected chi connectivity index (χ4v) is 3.35. The SMILES string of the molecule is O=C(Nc1ccc(C[C@@H](CO)NC[C@H](O)COc2ccccc2)cc1)Nc1cccc(C(F)(F)F)c1.O=C(O)C(F)(F)F. The summed E-state index contributed by atoms with van der Waals surface area (Å²) >= 11 is 0. The maximum atomic E-state index is 12.8. The van der Waals surface area contributed by atoms with Crippen LogP contribution in [0.25, 0.3) is 0 Å². The van der Waals surface area contributed by atoms with Crippen LogP contribution in [-0.4, -0.2) is 65.4 Å². The average molecular weight is 618 g/mol. The number of aliphatic hydroxyl groups excluding tert-OH is 2. The lowest BCUT2D eigenvalue weighted by Crippen LogP contribution is -2.41. The number of para-hydroxylation sites is 1. The van der Waals surface area contributed by atoms with Crippen molar-refractivity contribution in [2.75, 3.05) is 30.4 Å². The molecule has 0 spiro atoms. The van der Waals surface area contributed by atoms with E-state index < -0.39 is 36.0 Å². The van der Waals surface area contributed by atoms with Crippen molar-refractivity contribution >= 4 is 23.4 Å². The van der Waals surface area contributed by atoms with Gasteiger partial charge < -0.3 is 36.0 Å². The number of hydrogen-bond donors (Lipinski definition) is 6. The Morgan fingerprint density at radius 1 is 0.837 bits per heavy atom. The van der Waals surface area contributed by atoms with Crippen LogP contribution in [0.15, 0.2) is 78.9 Å². The molecule has 0 aliphatic rings. The van der Waals surface area contributed by atoms with Crippen LogP contribution in [0.4, 0.5) is 42.5 Å². The number of carbonyl (C=O) groups excluding carboxylic acids is 1. The van der Waals surface area contributed by atoms with E-state index in [-0.39, 0.29) is 31.5 Å². The van der Waals surface area contributed by atoms with Crippen LogP contribution in [0.1, 0.15) is 11.1 Å². The number of hydrogen-bond acceptors (Lipinski definition) is 6. The number of benzene rings is 3. The van der Waals surface area contributed by atoms with Crippen molar-refractivity contribution in [1.29, 1.82) is 0 Å². The molecule has 0 saturated carbocycles. The summed E-state index contributed by atoms with van der Waals surface area (Å²) in [6, 6.07) is 19.3. The number of anilines is 2. The van der Waals surface area contributed by atoms with Crippen molar-refractivity contribution in [3.05, 3.63) is 90.0 Å². The van der Waals surface area contributed by atoms with Crippen LogP contribution >= 0.6 is 0 Å². The number of carboxylic acid groups (broad SMARTS) is 1. The molecule has 3 rings (SSSR count). The van der Waals surface area contributed by atoms with Gasteiger partial charge in [0.25, 0.3) is 0 Å². The first-order valence-corrected chi connectivity index (χ1v) is 12.5. The number of halogens is 6. The number of carbonyl (C=O) groups is 2. The predicted molar refractivity (Wildman–Crippen MR) is 145 cm³/mol. The van der Waals surface area contributed by atoms with E-state index in [1.165, 1.54) is 12.1 Å². The van der Waals surface area contributed by atoms with Gasteiger partial charge in [-0.3, -0.25) is 0 Å². The van der Waals surface area contributed by atoms with Crippen LogP contribution in [-0.2, 0) is 17.4 Å². The van der Waals surface area contributed by atoms with Gasteiger partial charge in [0.2, 0.25) is 0 Å². The molecular weight excluding hydrogens is 588 g/mol. The van der Waals surface area contributed by atoms with Crippen LogP contribution < -0.4 is 20.7 Å². The molecule has 3 aromatic rings. The third kappa shape index (κ3) is 13.5. The summed E-state index contributed by atoms with van der Waals surface area (Å²) < 4.78 is 75.7. The van der Waals surface area contributed by atoms with E-state index >= 15 is 0 Å². The first kappa shape index (κ1) is 34.9. The van der Waals surface area contributed by atoms with Gasteiger partial charge in [0.1, 0.15) is 18.5 Å². The Morgan fingerprint density at radius 2 is 1.44 bits per heavy atom. The lowest BCUT2D eigenvalue weighted by Gasteiger charge is -2.19. The van der Waals surface area contributed by atoms with E-state index in [1.807, 2.05) is 18.2 Å². The van der Waals surface area contributed by atoms with E-state index in [9.17, 15) is 41.4 Å². The molecule has 15 heteroatoms. The summed E-state index contributed by atoms with van der Waals surface area (Å²) in [6.07, 6.45) is -9.88. The molecule has 6 N–H and O–H groups in total. The minimum atomic E-state index is -5.08. The molecule has 234 valence electrons. The Hall–Kier alpha value is -4.34. The molecule has 0 heterocycles. The molecule has 0 bridgehead atoms. The number of alkyl halides is 6. The number of urea groups is 1. The second-order valence-corrected chi connectivity index (χ2v) is 8.93. The van der Waals surface area contributed by atoms with Gasteiger partial charge in [0.05, 0.1) is 12.2 Å². The summed E-state index contributed by atoms with van der Waals surface area (Å²) in [5.74, 6) is -2.10. The topological polar surface area (TPSA) is 140 Å². The maximum absolute atomic E-state index is 12.8. The largest absolute Gasteiger partial charge is 0.491 e. The highest BCUT2D eigenvalue weighted by molar-refractivity contribution is 5.99. The van der Waals surface area contributed by atoms with Gasteiger partial charge in [0.15, 0.2) is 0 Å². The highest BCUT2D eigenvalue weighted by atomic mass is 19.4. The molecule has 0 radical (unpaired) electrons. The van der Waals surface area contributed by atoms with Gasteiger partial charge in [-0.2, -0.15) is 26.3 Å². The van der Waals surface area contributed by atoms with Gasteiger partial charge >= 0.3 is 24.4 Å². The zero-order valence-corrected chi connectivity index (χ0v) is 22.3. The van der Waals surface area contributed by atoms with Crippen molar-refractivity contribution in [3.8, 4) is 5.75 Å². The molecule has 0 unspecified atom stereocenters. The number of aliphatic hydroxyl groups is 2. The van der Waals surface area contributed by atoms with Gasteiger partial charge in [-0.25, -0.2) is 9.59 Å². The fourth-order valence-electron chi connectivity index (χ4n) is 3.35. The molecule has 2 amide bonds. The molecule has 43 heavy (non-hydrogen) atoms. The first-order chi connectivity index (χ1) is 20.2. The summed E-state index contributed by atoms with van der Waals surface area (Å²) in [4.78, 5) is 21.1. The molecule has 3 aromatic carbocycles. The Bertz CT molecular complexity index is 1290. The molecule has 0 aromatic heterocycles. The van der Waals surface area contributed by atoms with Crippen molar-refractivity contribution < 1.29 is 56.0 Å². The van der Waals surface area contributed by atoms with Crippen LogP contribution in [0.5, 0.6) is 5.75 Å². The molecule has 2 atom stereocenters. The number of carboxylic acids is 1. The highest BCUT2D eigenvalue weighted by Crippen LogP contribution is 2.30. The lowest BCUT2D eigenvalue weighted by molar-refractivity contribution is -0.192. The van der Waals surface area contributed by atoms with Gasteiger partial charge in [-0.1, -0.05) is 36.4 Å². The maximum Gasteiger partial charge on any atom is 0.490 e. The second kappa shape index (κ2) is 16.3. The smallest absolute Gasteiger partial charge is 0.490 e. The second-order valence-electron chi connectivity index (χ2n) is 8.93. The Kier molecular flexibility index (Phi) is 13.2. The minimum Gasteiger partial charge on any atom is -0.491 e. The molecule has 9 nitrogen and oxygen atoms in total. The number of amides is 2. The normalized spacial score (nSPS) is 12.7. The Morgan fingerprint density at radius 3 is 2.00 bits per heavy atom. The summed E-state index contributed by atoms with van der Waals surface area (Å²) in [7, 11) is 0. The Labute approximate surface area is 242 Å². The minimum absolute atomic E-state index is 0.0205. The zero-order valence-electron chi connectivity index (χ0n) is 22.3. The standard InChI is InChI=1S/C26H28F3N3O4.C2HF3O2/c27-26(28,29)19-5-4-6-21(14-19)32-25(35)31-20-11-9-18(10-12-20)13-22(16-33)30-15-23(34)17-36-24-7-2-1-3-8-24;3-2(4,5)1(6)7/h1-12,14,22-23,30,33-34H,13,15-17H2,(H2,31,32,35);(H,6,7)/t22-,23-;/m0./s1. The number of nitrogens with one attached hydrogen (secondary N) is 3. The Balaban J connectivity index is 0.000000821. The molecule has 0 aliphatic heterocycles. The molecule has 0 fully saturated rings. The summed E-state index contributed by atoms with van der Waals surface area (Å²) in [6.45, 7) is 0.192. The zero-order chi connectivity index (χ0) is 32.0.